The summed E-state index contributed by atoms with van der Waals surface area (Å²) in [6, 6.07) is 7.13. The smallest absolute Gasteiger partial charge is 0.211 e. The SMILES string of the molecule is O=C=Nc1ccccc1C=S. The maximum Gasteiger partial charge on any atom is 0.240 e. The molecule has 0 amide bonds. The molecule has 0 aliphatic heterocycles. The molecule has 3 heteroatoms. The minimum atomic E-state index is 0.567. The van der Waals surface area contributed by atoms with Crippen LogP contribution < -0.4 is 0 Å². The normalized spacial score (nSPS) is 8.36. The molecule has 11 heavy (non-hydrogen) atoms. The second-order valence-electron chi connectivity index (χ2n) is 1.88. The van der Waals surface area contributed by atoms with Gasteiger partial charge in [-0.15, -0.1) is 0 Å². The third-order valence-corrected chi connectivity index (χ3v) is 1.48. The molecule has 0 saturated carbocycles. The van der Waals surface area contributed by atoms with Crippen molar-refractivity contribution in [2.45, 2.75) is 0 Å². The van der Waals surface area contributed by atoms with Gasteiger partial charge in [0.15, 0.2) is 0 Å². The number of rotatable bonds is 2. The van der Waals surface area contributed by atoms with Gasteiger partial charge in [0.2, 0.25) is 6.08 Å². The first-order chi connectivity index (χ1) is 5.38. The Morgan fingerprint density at radius 2 is 2.18 bits per heavy atom. The van der Waals surface area contributed by atoms with Gasteiger partial charge < -0.3 is 0 Å². The van der Waals surface area contributed by atoms with Crippen LogP contribution in [0.4, 0.5) is 5.69 Å². The largest absolute Gasteiger partial charge is 0.240 e. The van der Waals surface area contributed by atoms with Gasteiger partial charge in [0.25, 0.3) is 0 Å². The van der Waals surface area contributed by atoms with Crippen molar-refractivity contribution in [2.24, 2.45) is 4.99 Å². The number of hydrogen-bond acceptors (Lipinski definition) is 3. The van der Waals surface area contributed by atoms with Crippen molar-refractivity contribution in [3.63, 3.8) is 0 Å². The van der Waals surface area contributed by atoms with E-state index in [1.54, 1.807) is 18.2 Å². The molecule has 0 unspecified atom stereocenters. The minimum Gasteiger partial charge on any atom is -0.211 e. The van der Waals surface area contributed by atoms with Gasteiger partial charge in [-0.2, -0.15) is 4.99 Å². The molecule has 0 aliphatic carbocycles. The fourth-order valence-corrected chi connectivity index (χ4v) is 0.937. The average molecular weight is 163 g/mol. The van der Waals surface area contributed by atoms with E-state index in [1.807, 2.05) is 6.07 Å². The van der Waals surface area contributed by atoms with E-state index < -0.39 is 0 Å². The van der Waals surface area contributed by atoms with Crippen molar-refractivity contribution in [3.8, 4) is 0 Å². The third-order valence-electron chi connectivity index (χ3n) is 1.23. The third kappa shape index (κ3) is 1.80. The van der Waals surface area contributed by atoms with Crippen LogP contribution in [-0.2, 0) is 4.79 Å². The van der Waals surface area contributed by atoms with Gasteiger partial charge in [-0.05, 0) is 6.07 Å². The van der Waals surface area contributed by atoms with Crippen LogP contribution >= 0.6 is 12.2 Å². The monoisotopic (exact) mass is 163 g/mol. The molecule has 0 N–H and O–H groups in total. The number of para-hydroxylation sites is 1. The van der Waals surface area contributed by atoms with Crippen LogP contribution in [0.5, 0.6) is 0 Å². The topological polar surface area (TPSA) is 29.4 Å². The molecule has 1 aromatic rings. The maximum absolute atomic E-state index is 9.90. The quantitative estimate of drug-likeness (QED) is 0.379. The van der Waals surface area contributed by atoms with Gasteiger partial charge in [-0.1, -0.05) is 30.4 Å². The zero-order chi connectivity index (χ0) is 8.10. The van der Waals surface area contributed by atoms with Crippen LogP contribution in [-0.4, -0.2) is 11.4 Å². The van der Waals surface area contributed by atoms with Gasteiger partial charge in [-0.3, -0.25) is 0 Å². The summed E-state index contributed by atoms with van der Waals surface area (Å²) in [7, 11) is 0. The number of isocyanates is 1. The van der Waals surface area contributed by atoms with Gasteiger partial charge in [0, 0.05) is 10.9 Å². The summed E-state index contributed by atoms with van der Waals surface area (Å²) >= 11 is 4.71. The highest BCUT2D eigenvalue weighted by atomic mass is 32.1. The standard InChI is InChI=1S/C8H5NOS/c10-6-9-8-4-2-1-3-7(8)5-11/h1-5H. The fourth-order valence-electron chi connectivity index (χ4n) is 0.738. The Labute approximate surface area is 69.6 Å². The molecule has 0 aliphatic rings. The molecule has 0 radical (unpaired) electrons. The Balaban J connectivity index is 3.21. The summed E-state index contributed by atoms with van der Waals surface area (Å²) in [5.74, 6) is 0. The summed E-state index contributed by atoms with van der Waals surface area (Å²) in [6.07, 6.45) is 1.47. The zero-order valence-electron chi connectivity index (χ0n) is 5.65. The van der Waals surface area contributed by atoms with Crippen LogP contribution in [0.25, 0.3) is 0 Å². The molecule has 1 aromatic carbocycles. The van der Waals surface area contributed by atoms with Crippen molar-refractivity contribution >= 4 is 29.4 Å². The predicted molar refractivity (Wildman–Crippen MR) is 47.0 cm³/mol. The van der Waals surface area contributed by atoms with Crippen LogP contribution in [0.2, 0.25) is 0 Å². The van der Waals surface area contributed by atoms with Crippen molar-refractivity contribution in [1.29, 1.82) is 0 Å². The van der Waals surface area contributed by atoms with E-state index in [9.17, 15) is 4.79 Å². The Kier molecular flexibility index (Phi) is 2.66. The summed E-state index contributed by atoms with van der Waals surface area (Å²) in [4.78, 5) is 13.4. The number of thiocarbonyl (C=S) groups is 1. The molecule has 0 aromatic heterocycles. The molecule has 0 heterocycles. The number of aliphatic imine (C=N–C) groups is 1. The molecule has 0 bridgehead atoms. The minimum absolute atomic E-state index is 0.567. The van der Waals surface area contributed by atoms with Crippen molar-refractivity contribution < 1.29 is 4.79 Å². The van der Waals surface area contributed by atoms with Crippen molar-refractivity contribution in [1.82, 2.24) is 0 Å². The fraction of sp³-hybridized carbons (Fsp3) is 0. The van der Waals surface area contributed by atoms with Crippen LogP contribution in [0, 0.1) is 0 Å². The van der Waals surface area contributed by atoms with E-state index in [4.69, 9.17) is 12.2 Å². The highest BCUT2D eigenvalue weighted by molar-refractivity contribution is 7.79. The molecule has 0 atom stereocenters. The lowest BCUT2D eigenvalue weighted by atomic mass is 10.2. The Morgan fingerprint density at radius 3 is 2.82 bits per heavy atom. The molecular weight excluding hydrogens is 158 g/mol. The van der Waals surface area contributed by atoms with Crippen molar-refractivity contribution in [3.05, 3.63) is 29.8 Å². The van der Waals surface area contributed by atoms with Gasteiger partial charge in [0.1, 0.15) is 0 Å². The van der Waals surface area contributed by atoms with Gasteiger partial charge in [-0.25, -0.2) is 4.79 Å². The zero-order valence-corrected chi connectivity index (χ0v) is 6.47. The summed E-state index contributed by atoms with van der Waals surface area (Å²) in [5.41, 5.74) is 1.34. The summed E-state index contributed by atoms with van der Waals surface area (Å²) < 4.78 is 0. The van der Waals surface area contributed by atoms with Gasteiger partial charge in [0.05, 0.1) is 5.69 Å². The van der Waals surface area contributed by atoms with E-state index in [0.29, 0.717) is 5.69 Å². The molecule has 54 valence electrons. The summed E-state index contributed by atoms with van der Waals surface area (Å²) in [6.45, 7) is 0. The number of carbonyl (C=O) groups excluding carboxylic acids is 1. The lowest BCUT2D eigenvalue weighted by Gasteiger charge is -1.93. The highest BCUT2D eigenvalue weighted by Crippen LogP contribution is 2.15. The van der Waals surface area contributed by atoms with Gasteiger partial charge >= 0.3 is 0 Å². The average Bonchev–Trinajstić information content (AvgIpc) is 2.06. The number of benzene rings is 1. The first kappa shape index (κ1) is 7.79. The van der Waals surface area contributed by atoms with E-state index in [2.05, 4.69) is 4.99 Å². The number of hydrogen-bond donors (Lipinski definition) is 0. The number of nitrogens with zero attached hydrogens (tertiary/aromatic N) is 1. The van der Waals surface area contributed by atoms with E-state index in [0.717, 1.165) is 5.56 Å². The first-order valence-corrected chi connectivity index (χ1v) is 3.47. The molecule has 0 fully saturated rings. The second kappa shape index (κ2) is 3.76. The molecule has 0 spiro atoms. The lowest BCUT2D eigenvalue weighted by molar-refractivity contribution is 0.565. The Bertz CT molecular complexity index is 316. The van der Waals surface area contributed by atoms with Crippen LogP contribution in [0.3, 0.4) is 0 Å². The summed E-state index contributed by atoms with van der Waals surface area (Å²) in [5, 5.41) is 1.48. The molecular formula is C8H5NOS. The second-order valence-corrected chi connectivity index (χ2v) is 2.12. The molecule has 1 rings (SSSR count). The maximum atomic E-state index is 9.90. The van der Waals surface area contributed by atoms with Crippen molar-refractivity contribution in [2.75, 3.05) is 0 Å². The van der Waals surface area contributed by atoms with E-state index in [-0.39, 0.29) is 0 Å². The molecule has 2 nitrogen and oxygen atoms in total. The lowest BCUT2D eigenvalue weighted by Crippen LogP contribution is -1.77. The molecule has 0 saturated heterocycles. The predicted octanol–water partition coefficient (Wildman–Crippen LogP) is 2.00. The van der Waals surface area contributed by atoms with Crippen LogP contribution in [0.1, 0.15) is 5.56 Å². The van der Waals surface area contributed by atoms with E-state index >= 15 is 0 Å². The Morgan fingerprint density at radius 1 is 1.45 bits per heavy atom. The Hall–Kier alpha value is -1.31. The van der Waals surface area contributed by atoms with E-state index in [1.165, 1.54) is 11.4 Å². The highest BCUT2D eigenvalue weighted by Gasteiger charge is 1.93. The first-order valence-electron chi connectivity index (χ1n) is 3.00. The van der Waals surface area contributed by atoms with Crippen LogP contribution in [0.15, 0.2) is 29.3 Å².